The molecular weight excluding hydrogens is 418 g/mol. The predicted octanol–water partition coefficient (Wildman–Crippen LogP) is 3.05. The number of rotatable bonds is 2. The van der Waals surface area contributed by atoms with Gasteiger partial charge in [0.1, 0.15) is 24.4 Å². The molecule has 1 aromatic carbocycles. The maximum absolute atomic E-state index is 12.8. The fourth-order valence-electron chi connectivity index (χ4n) is 2.21. The average molecular weight is 429 g/mol. The number of methoxy groups -OCH3 is 1. The molecule has 0 N–H and O–H groups in total. The van der Waals surface area contributed by atoms with E-state index in [1.54, 1.807) is 30.3 Å². The molecule has 114 valence electrons. The van der Waals surface area contributed by atoms with Crippen LogP contribution < -0.4 is 14.4 Å². The maximum Gasteiger partial charge on any atom is 0.258 e. The Morgan fingerprint density at radius 1 is 1.36 bits per heavy atom. The Balaban J connectivity index is 1.99. The zero-order valence-electron chi connectivity index (χ0n) is 11.5. The molecule has 0 bridgehead atoms. The molecule has 1 amide bonds. The minimum absolute atomic E-state index is 0.150. The summed E-state index contributed by atoms with van der Waals surface area (Å²) in [6.45, 7) is 0.842. The maximum atomic E-state index is 12.8. The Labute approximate surface area is 143 Å². The molecule has 0 spiro atoms. The lowest BCUT2D eigenvalue weighted by atomic mass is 10.1. The highest BCUT2D eigenvalue weighted by molar-refractivity contribution is 9.11. The van der Waals surface area contributed by atoms with Gasteiger partial charge in [-0.2, -0.15) is 4.98 Å². The highest BCUT2D eigenvalue weighted by Gasteiger charge is 2.26. The zero-order chi connectivity index (χ0) is 15.7. The summed E-state index contributed by atoms with van der Waals surface area (Å²) in [6, 6.07) is 3.45. The van der Waals surface area contributed by atoms with Gasteiger partial charge in [0, 0.05) is 5.56 Å². The zero-order valence-corrected chi connectivity index (χ0v) is 14.7. The quantitative estimate of drug-likeness (QED) is 0.735. The fourth-order valence-corrected chi connectivity index (χ4v) is 3.72. The van der Waals surface area contributed by atoms with E-state index in [0.717, 1.165) is 0 Å². The van der Waals surface area contributed by atoms with Crippen LogP contribution in [0.4, 0.5) is 5.69 Å². The molecule has 0 radical (unpaired) electrons. The second-order valence-corrected chi connectivity index (χ2v) is 6.20. The van der Waals surface area contributed by atoms with Gasteiger partial charge in [0.2, 0.25) is 5.88 Å². The lowest BCUT2D eigenvalue weighted by molar-refractivity contribution is 0.0975. The number of nitrogens with zero attached hydrogens (tertiary/aromatic N) is 3. The Hall–Kier alpha value is -1.67. The van der Waals surface area contributed by atoms with E-state index in [1.807, 2.05) is 0 Å². The smallest absolute Gasteiger partial charge is 0.258 e. The highest BCUT2D eigenvalue weighted by Crippen LogP contribution is 2.36. The number of benzene rings is 1. The van der Waals surface area contributed by atoms with E-state index in [2.05, 4.69) is 41.8 Å². The molecule has 0 aliphatic carbocycles. The summed E-state index contributed by atoms with van der Waals surface area (Å²) in [5, 5.41) is 0. The Bertz CT molecular complexity index is 716. The monoisotopic (exact) mass is 427 g/mol. The van der Waals surface area contributed by atoms with E-state index in [4.69, 9.17) is 9.47 Å². The second kappa shape index (κ2) is 6.21. The van der Waals surface area contributed by atoms with E-state index < -0.39 is 0 Å². The first-order valence-corrected chi connectivity index (χ1v) is 7.98. The molecule has 2 heterocycles. The Morgan fingerprint density at radius 3 is 2.77 bits per heavy atom. The summed E-state index contributed by atoms with van der Waals surface area (Å²) in [6.07, 6.45) is 2.97. The van der Waals surface area contributed by atoms with Crippen molar-refractivity contribution in [1.82, 2.24) is 9.97 Å². The first-order valence-electron chi connectivity index (χ1n) is 6.39. The lowest BCUT2D eigenvalue weighted by Gasteiger charge is -2.28. The molecular formula is C14H11Br2N3O3. The van der Waals surface area contributed by atoms with Crippen molar-refractivity contribution in [2.24, 2.45) is 0 Å². The molecule has 1 aliphatic rings. The minimum Gasteiger partial charge on any atom is -0.494 e. The van der Waals surface area contributed by atoms with Crippen molar-refractivity contribution < 1.29 is 14.3 Å². The normalized spacial score (nSPS) is 13.3. The number of hydrogen-bond acceptors (Lipinski definition) is 5. The van der Waals surface area contributed by atoms with Crippen molar-refractivity contribution in [3.63, 3.8) is 0 Å². The van der Waals surface area contributed by atoms with E-state index in [1.165, 1.54) is 6.33 Å². The van der Waals surface area contributed by atoms with Crippen molar-refractivity contribution in [3.05, 3.63) is 39.2 Å². The minimum atomic E-state index is -0.150. The van der Waals surface area contributed by atoms with Gasteiger partial charge >= 0.3 is 0 Å². The average Bonchev–Trinajstić information content (AvgIpc) is 2.53. The van der Waals surface area contributed by atoms with Crippen molar-refractivity contribution >= 4 is 43.5 Å². The van der Waals surface area contributed by atoms with Crippen LogP contribution in [0, 0.1) is 0 Å². The molecule has 2 aromatic rings. The largest absolute Gasteiger partial charge is 0.494 e. The molecule has 3 rings (SSSR count). The fraction of sp³-hybridized carbons (Fsp3) is 0.214. The molecule has 1 aromatic heterocycles. The van der Waals surface area contributed by atoms with Gasteiger partial charge in [-0.15, -0.1) is 0 Å². The molecule has 1 aliphatic heterocycles. The molecule has 0 fully saturated rings. The van der Waals surface area contributed by atoms with Crippen molar-refractivity contribution in [2.45, 2.75) is 0 Å². The van der Waals surface area contributed by atoms with Crippen LogP contribution in [0.25, 0.3) is 0 Å². The first-order chi connectivity index (χ1) is 10.6. The number of anilines is 1. The number of aromatic nitrogens is 2. The summed E-state index contributed by atoms with van der Waals surface area (Å²) < 4.78 is 12.1. The molecule has 6 nitrogen and oxygen atoms in total. The third-order valence-electron chi connectivity index (χ3n) is 3.20. The topological polar surface area (TPSA) is 64.5 Å². The molecule has 22 heavy (non-hydrogen) atoms. The van der Waals surface area contributed by atoms with Crippen LogP contribution in [0.15, 0.2) is 33.6 Å². The van der Waals surface area contributed by atoms with Gasteiger partial charge in [0.25, 0.3) is 5.91 Å². The van der Waals surface area contributed by atoms with E-state index in [-0.39, 0.29) is 5.91 Å². The SMILES string of the molecule is COc1c(Br)cc(C(=O)N2CCOc3ncncc32)cc1Br. The summed E-state index contributed by atoms with van der Waals surface area (Å²) in [4.78, 5) is 22.4. The standard InChI is InChI=1S/C14H11Br2N3O3/c1-21-12-9(15)4-8(5-10(12)16)14(20)19-2-3-22-13-11(19)6-17-7-18-13/h4-7H,2-3H2,1H3. The summed E-state index contributed by atoms with van der Waals surface area (Å²) >= 11 is 6.81. The summed E-state index contributed by atoms with van der Waals surface area (Å²) in [5.41, 5.74) is 1.10. The van der Waals surface area contributed by atoms with Crippen LogP contribution in [0.5, 0.6) is 11.6 Å². The number of carbonyl (C=O) groups is 1. The van der Waals surface area contributed by atoms with Crippen molar-refractivity contribution in [2.75, 3.05) is 25.2 Å². The van der Waals surface area contributed by atoms with Gasteiger partial charge in [-0.25, -0.2) is 4.98 Å². The highest BCUT2D eigenvalue weighted by atomic mass is 79.9. The molecule has 0 saturated carbocycles. The number of fused-ring (bicyclic) bond motifs is 1. The van der Waals surface area contributed by atoms with E-state index in [0.29, 0.717) is 45.0 Å². The summed E-state index contributed by atoms with van der Waals surface area (Å²) in [5.74, 6) is 0.909. The third kappa shape index (κ3) is 2.68. The van der Waals surface area contributed by atoms with Gasteiger partial charge in [0.15, 0.2) is 0 Å². The number of amides is 1. The van der Waals surface area contributed by atoms with Crippen LogP contribution in [-0.2, 0) is 0 Å². The summed E-state index contributed by atoms with van der Waals surface area (Å²) in [7, 11) is 1.57. The van der Waals surface area contributed by atoms with E-state index >= 15 is 0 Å². The van der Waals surface area contributed by atoms with Crippen LogP contribution in [0.1, 0.15) is 10.4 Å². The first kappa shape index (κ1) is 15.2. The van der Waals surface area contributed by atoms with Gasteiger partial charge in [0.05, 0.1) is 28.8 Å². The van der Waals surface area contributed by atoms with Crippen molar-refractivity contribution in [1.29, 1.82) is 0 Å². The van der Waals surface area contributed by atoms with Gasteiger partial charge < -0.3 is 9.47 Å². The Kier molecular flexibility index (Phi) is 4.30. The molecule has 0 atom stereocenters. The lowest BCUT2D eigenvalue weighted by Crippen LogP contribution is -2.38. The predicted molar refractivity (Wildman–Crippen MR) is 87.6 cm³/mol. The van der Waals surface area contributed by atoms with Crippen LogP contribution in [0.3, 0.4) is 0 Å². The van der Waals surface area contributed by atoms with Crippen LogP contribution in [0.2, 0.25) is 0 Å². The van der Waals surface area contributed by atoms with Crippen molar-refractivity contribution in [3.8, 4) is 11.6 Å². The van der Waals surface area contributed by atoms with Gasteiger partial charge in [-0.1, -0.05) is 0 Å². The molecule has 0 saturated heterocycles. The molecule has 0 unspecified atom stereocenters. The van der Waals surface area contributed by atoms with Crippen LogP contribution >= 0.6 is 31.9 Å². The molecule has 8 heteroatoms. The number of carbonyl (C=O) groups excluding carboxylic acids is 1. The van der Waals surface area contributed by atoms with E-state index in [9.17, 15) is 4.79 Å². The number of halogens is 2. The third-order valence-corrected chi connectivity index (χ3v) is 4.37. The van der Waals surface area contributed by atoms with Crippen LogP contribution in [-0.4, -0.2) is 36.1 Å². The second-order valence-electron chi connectivity index (χ2n) is 4.49. The Morgan fingerprint density at radius 2 is 2.09 bits per heavy atom. The van der Waals surface area contributed by atoms with Gasteiger partial charge in [-0.3, -0.25) is 9.69 Å². The number of ether oxygens (including phenoxy) is 2. The van der Waals surface area contributed by atoms with Gasteiger partial charge in [-0.05, 0) is 44.0 Å². The number of hydrogen-bond donors (Lipinski definition) is 0.